The third-order valence-corrected chi connectivity index (χ3v) is 2.29. The molecule has 0 unspecified atom stereocenters. The Bertz CT molecular complexity index is 472. The zero-order chi connectivity index (χ0) is 13.4. The zero-order valence-corrected chi connectivity index (χ0v) is 10.1. The summed E-state index contributed by atoms with van der Waals surface area (Å²) in [5.74, 6) is -0.183. The molecule has 0 aliphatic carbocycles. The van der Waals surface area contributed by atoms with E-state index in [0.717, 1.165) is 5.56 Å². The average molecular weight is 245 g/mol. The predicted octanol–water partition coefficient (Wildman–Crippen LogP) is 0.678. The first-order chi connectivity index (χ1) is 8.67. The smallest absolute Gasteiger partial charge is 0.263 e. The SMILES string of the molecule is CN/C=C(/C#N)C(=O)NCCc1ccc(O)cc1. The molecule has 0 saturated heterocycles. The fourth-order valence-electron chi connectivity index (χ4n) is 1.37. The Morgan fingerprint density at radius 1 is 1.44 bits per heavy atom. The molecule has 1 amide bonds. The van der Waals surface area contributed by atoms with Gasteiger partial charge < -0.3 is 15.7 Å². The van der Waals surface area contributed by atoms with Gasteiger partial charge in [-0.05, 0) is 24.1 Å². The van der Waals surface area contributed by atoms with Gasteiger partial charge in [-0.1, -0.05) is 12.1 Å². The number of nitrogens with one attached hydrogen (secondary N) is 2. The second-order valence-corrected chi connectivity index (χ2v) is 3.63. The van der Waals surface area contributed by atoms with Crippen LogP contribution in [0.5, 0.6) is 5.75 Å². The number of amides is 1. The molecule has 18 heavy (non-hydrogen) atoms. The highest BCUT2D eigenvalue weighted by Crippen LogP contribution is 2.09. The number of carbonyl (C=O) groups is 1. The highest BCUT2D eigenvalue weighted by molar-refractivity contribution is 5.97. The third kappa shape index (κ3) is 4.18. The van der Waals surface area contributed by atoms with Crippen molar-refractivity contribution in [3.05, 3.63) is 41.6 Å². The van der Waals surface area contributed by atoms with Crippen molar-refractivity contribution in [1.82, 2.24) is 10.6 Å². The van der Waals surface area contributed by atoms with Crippen LogP contribution in [0.4, 0.5) is 0 Å². The Labute approximate surface area is 106 Å². The van der Waals surface area contributed by atoms with Crippen LogP contribution in [-0.2, 0) is 11.2 Å². The van der Waals surface area contributed by atoms with Crippen LogP contribution >= 0.6 is 0 Å². The highest BCUT2D eigenvalue weighted by Gasteiger charge is 2.07. The van der Waals surface area contributed by atoms with E-state index < -0.39 is 5.91 Å². The maximum Gasteiger partial charge on any atom is 0.263 e. The van der Waals surface area contributed by atoms with Crippen molar-refractivity contribution in [1.29, 1.82) is 5.26 Å². The van der Waals surface area contributed by atoms with E-state index in [9.17, 15) is 4.79 Å². The monoisotopic (exact) mass is 245 g/mol. The molecule has 0 saturated carbocycles. The Balaban J connectivity index is 2.42. The second-order valence-electron chi connectivity index (χ2n) is 3.63. The maximum absolute atomic E-state index is 11.5. The molecular weight excluding hydrogens is 230 g/mol. The summed E-state index contributed by atoms with van der Waals surface area (Å²) in [6.45, 7) is 0.437. The van der Waals surface area contributed by atoms with Crippen LogP contribution in [0.25, 0.3) is 0 Å². The van der Waals surface area contributed by atoms with Gasteiger partial charge in [0.2, 0.25) is 0 Å². The Morgan fingerprint density at radius 3 is 2.67 bits per heavy atom. The molecule has 0 bridgehead atoms. The molecular formula is C13H15N3O2. The number of rotatable bonds is 5. The van der Waals surface area contributed by atoms with Crippen LogP contribution in [-0.4, -0.2) is 24.6 Å². The van der Waals surface area contributed by atoms with Crippen molar-refractivity contribution >= 4 is 5.91 Å². The van der Waals surface area contributed by atoms with E-state index in [1.165, 1.54) is 6.20 Å². The van der Waals surface area contributed by atoms with E-state index in [1.807, 2.05) is 6.07 Å². The van der Waals surface area contributed by atoms with Crippen LogP contribution < -0.4 is 10.6 Å². The van der Waals surface area contributed by atoms with Crippen molar-refractivity contribution in [2.24, 2.45) is 0 Å². The lowest BCUT2D eigenvalue weighted by atomic mass is 10.1. The number of carbonyl (C=O) groups excluding carboxylic acids is 1. The van der Waals surface area contributed by atoms with Gasteiger partial charge in [0, 0.05) is 19.8 Å². The summed E-state index contributed by atoms with van der Waals surface area (Å²) >= 11 is 0. The van der Waals surface area contributed by atoms with Crippen molar-refractivity contribution < 1.29 is 9.90 Å². The third-order valence-electron chi connectivity index (χ3n) is 2.29. The van der Waals surface area contributed by atoms with Gasteiger partial charge in [0.25, 0.3) is 5.91 Å². The summed E-state index contributed by atoms with van der Waals surface area (Å²) in [5, 5.41) is 23.1. The van der Waals surface area contributed by atoms with Gasteiger partial charge in [-0.15, -0.1) is 0 Å². The van der Waals surface area contributed by atoms with Gasteiger partial charge in [-0.2, -0.15) is 5.26 Å². The second kappa shape index (κ2) is 6.97. The van der Waals surface area contributed by atoms with E-state index in [-0.39, 0.29) is 11.3 Å². The summed E-state index contributed by atoms with van der Waals surface area (Å²) in [5.41, 5.74) is 1.05. The number of hydrogen-bond donors (Lipinski definition) is 3. The molecule has 0 aliphatic rings. The van der Waals surface area contributed by atoms with E-state index in [0.29, 0.717) is 13.0 Å². The highest BCUT2D eigenvalue weighted by atomic mass is 16.3. The largest absolute Gasteiger partial charge is 0.508 e. The minimum atomic E-state index is -0.398. The molecule has 0 atom stereocenters. The van der Waals surface area contributed by atoms with Crippen LogP contribution in [0, 0.1) is 11.3 Å². The van der Waals surface area contributed by atoms with Crippen molar-refractivity contribution in [3.63, 3.8) is 0 Å². The standard InChI is InChI=1S/C13H15N3O2/c1-15-9-11(8-14)13(18)16-7-6-10-2-4-12(17)5-3-10/h2-5,9,15,17H,6-7H2,1H3,(H,16,18)/b11-9-. The average Bonchev–Trinajstić information content (AvgIpc) is 2.38. The fraction of sp³-hybridized carbons (Fsp3) is 0.231. The lowest BCUT2D eigenvalue weighted by Crippen LogP contribution is -2.27. The number of phenolic OH excluding ortho intramolecular Hbond substituents is 1. The first-order valence-corrected chi connectivity index (χ1v) is 5.51. The van der Waals surface area contributed by atoms with Gasteiger partial charge in [-0.25, -0.2) is 0 Å². The molecule has 0 fully saturated rings. The molecule has 0 radical (unpaired) electrons. The summed E-state index contributed by atoms with van der Waals surface area (Å²) in [4.78, 5) is 11.5. The first-order valence-electron chi connectivity index (χ1n) is 5.51. The quantitative estimate of drug-likeness (QED) is 0.526. The molecule has 0 aliphatic heterocycles. The van der Waals surface area contributed by atoms with E-state index in [2.05, 4.69) is 10.6 Å². The number of nitriles is 1. The van der Waals surface area contributed by atoms with Crippen molar-refractivity contribution in [2.45, 2.75) is 6.42 Å². The van der Waals surface area contributed by atoms with Crippen LogP contribution in [0.2, 0.25) is 0 Å². The van der Waals surface area contributed by atoms with Gasteiger partial charge in [0.1, 0.15) is 17.4 Å². The number of phenols is 1. The van der Waals surface area contributed by atoms with E-state index in [1.54, 1.807) is 31.3 Å². The molecule has 5 nitrogen and oxygen atoms in total. The minimum absolute atomic E-state index is 0.0446. The molecule has 1 aromatic rings. The molecule has 5 heteroatoms. The van der Waals surface area contributed by atoms with Crippen LogP contribution in [0.1, 0.15) is 5.56 Å². The van der Waals surface area contributed by atoms with E-state index in [4.69, 9.17) is 10.4 Å². The number of hydrogen-bond acceptors (Lipinski definition) is 4. The molecule has 3 N–H and O–H groups in total. The zero-order valence-electron chi connectivity index (χ0n) is 10.1. The summed E-state index contributed by atoms with van der Waals surface area (Å²) in [7, 11) is 1.63. The first kappa shape index (κ1) is 13.6. The summed E-state index contributed by atoms with van der Waals surface area (Å²) in [6.07, 6.45) is 2.00. The number of aromatic hydroxyl groups is 1. The van der Waals surface area contributed by atoms with Crippen molar-refractivity contribution in [2.75, 3.05) is 13.6 Å². The molecule has 1 rings (SSSR count). The van der Waals surface area contributed by atoms with Crippen molar-refractivity contribution in [3.8, 4) is 11.8 Å². The number of benzene rings is 1. The Kier molecular flexibility index (Phi) is 5.26. The predicted molar refractivity (Wildman–Crippen MR) is 67.6 cm³/mol. The van der Waals surface area contributed by atoms with Gasteiger partial charge in [-0.3, -0.25) is 4.79 Å². The molecule has 1 aromatic carbocycles. The molecule has 0 spiro atoms. The van der Waals surface area contributed by atoms with Gasteiger partial charge >= 0.3 is 0 Å². The Hall–Kier alpha value is -2.48. The van der Waals surface area contributed by atoms with E-state index >= 15 is 0 Å². The van der Waals surface area contributed by atoms with Crippen LogP contribution in [0.3, 0.4) is 0 Å². The van der Waals surface area contributed by atoms with Crippen LogP contribution in [0.15, 0.2) is 36.0 Å². The lowest BCUT2D eigenvalue weighted by molar-refractivity contribution is -0.117. The van der Waals surface area contributed by atoms with Gasteiger partial charge in [0.15, 0.2) is 0 Å². The maximum atomic E-state index is 11.5. The Morgan fingerprint density at radius 2 is 2.11 bits per heavy atom. The van der Waals surface area contributed by atoms with Gasteiger partial charge in [0.05, 0.1) is 0 Å². The lowest BCUT2D eigenvalue weighted by Gasteiger charge is -2.04. The topological polar surface area (TPSA) is 85.2 Å². The summed E-state index contributed by atoms with van der Waals surface area (Å²) in [6, 6.07) is 8.58. The fourth-order valence-corrected chi connectivity index (χ4v) is 1.37. The minimum Gasteiger partial charge on any atom is -0.508 e. The summed E-state index contributed by atoms with van der Waals surface area (Å²) < 4.78 is 0. The molecule has 94 valence electrons. The normalized spacial score (nSPS) is 10.6. The molecule has 0 heterocycles. The number of nitrogens with zero attached hydrogens (tertiary/aromatic N) is 1. The molecule has 0 aromatic heterocycles.